The first-order valence-electron chi connectivity index (χ1n) is 3.36. The summed E-state index contributed by atoms with van der Waals surface area (Å²) in [5, 5.41) is 14.4. The molecule has 5 heteroatoms. The Labute approximate surface area is 78.9 Å². The third-order valence-electron chi connectivity index (χ3n) is 1.81. The standard InChI is InChI=1S/C6H11N4.Zn/c1-4-6(2,3)5-7-9-10-8-5;/h4H2,1-3H3;/q-1;. The van der Waals surface area contributed by atoms with Gasteiger partial charge in [-0.1, -0.05) is 20.8 Å². The monoisotopic (exact) mass is 203 g/mol. The van der Waals surface area contributed by atoms with Gasteiger partial charge in [-0.3, -0.25) is 10.3 Å². The van der Waals surface area contributed by atoms with Gasteiger partial charge in [-0.25, -0.2) is 0 Å². The Morgan fingerprint density at radius 1 is 1.45 bits per heavy atom. The van der Waals surface area contributed by atoms with Crippen molar-refractivity contribution in [3.05, 3.63) is 5.82 Å². The van der Waals surface area contributed by atoms with Crippen molar-refractivity contribution in [2.75, 3.05) is 0 Å². The molecule has 0 bridgehead atoms. The molecule has 0 aliphatic rings. The summed E-state index contributed by atoms with van der Waals surface area (Å²) in [6.45, 7) is 6.24. The van der Waals surface area contributed by atoms with Crippen LogP contribution in [0.4, 0.5) is 0 Å². The van der Waals surface area contributed by atoms with E-state index in [1.54, 1.807) is 0 Å². The molecule has 58 valence electrons. The smallest absolute Gasteiger partial charge is 0.0155 e. The van der Waals surface area contributed by atoms with Crippen LogP contribution in [0.3, 0.4) is 0 Å². The van der Waals surface area contributed by atoms with Crippen LogP contribution in [0.1, 0.15) is 33.0 Å². The zero-order valence-electron chi connectivity index (χ0n) is 7.20. The Bertz CT molecular complexity index is 194. The van der Waals surface area contributed by atoms with E-state index in [2.05, 4.69) is 41.4 Å². The predicted molar refractivity (Wildman–Crippen MR) is 36.5 cm³/mol. The summed E-state index contributed by atoms with van der Waals surface area (Å²) in [7, 11) is 0. The Balaban J connectivity index is 0.000001000. The number of hydrogen-bond acceptors (Lipinski definition) is 3. The van der Waals surface area contributed by atoms with E-state index < -0.39 is 0 Å². The van der Waals surface area contributed by atoms with Crippen LogP contribution in [0.5, 0.6) is 0 Å². The first-order chi connectivity index (χ1) is 4.67. The summed E-state index contributed by atoms with van der Waals surface area (Å²) in [4.78, 5) is 0. The van der Waals surface area contributed by atoms with E-state index >= 15 is 0 Å². The second-order valence-electron chi connectivity index (χ2n) is 2.94. The van der Waals surface area contributed by atoms with Crippen molar-refractivity contribution < 1.29 is 19.5 Å². The van der Waals surface area contributed by atoms with Crippen molar-refractivity contribution in [3.63, 3.8) is 0 Å². The minimum atomic E-state index is 0. The van der Waals surface area contributed by atoms with Crippen LogP contribution in [-0.4, -0.2) is 15.5 Å². The van der Waals surface area contributed by atoms with Crippen LogP contribution in [-0.2, 0) is 24.9 Å². The third-order valence-corrected chi connectivity index (χ3v) is 1.81. The van der Waals surface area contributed by atoms with Crippen LogP contribution in [0, 0.1) is 0 Å². The van der Waals surface area contributed by atoms with Gasteiger partial charge in [0.1, 0.15) is 0 Å². The first kappa shape index (κ1) is 10.7. The van der Waals surface area contributed by atoms with Gasteiger partial charge in [0.15, 0.2) is 0 Å². The van der Waals surface area contributed by atoms with Gasteiger partial charge < -0.3 is 5.10 Å². The van der Waals surface area contributed by atoms with Gasteiger partial charge in [-0.2, -0.15) is 5.21 Å². The fourth-order valence-corrected chi connectivity index (χ4v) is 0.574. The molecular weight excluding hydrogens is 193 g/mol. The van der Waals surface area contributed by atoms with Crippen LogP contribution < -0.4 is 5.10 Å². The number of aromatic nitrogens is 4. The number of rotatable bonds is 2. The maximum atomic E-state index is 3.79. The molecule has 1 aromatic heterocycles. The molecule has 4 nitrogen and oxygen atoms in total. The molecule has 0 aliphatic heterocycles. The van der Waals surface area contributed by atoms with E-state index in [-0.39, 0.29) is 24.9 Å². The fourth-order valence-electron chi connectivity index (χ4n) is 0.574. The van der Waals surface area contributed by atoms with Gasteiger partial charge in [-0.05, 0) is 11.8 Å². The molecule has 0 N–H and O–H groups in total. The van der Waals surface area contributed by atoms with E-state index in [1.165, 1.54) is 0 Å². The molecule has 0 radical (unpaired) electrons. The third kappa shape index (κ3) is 2.33. The molecule has 0 saturated carbocycles. The maximum Gasteiger partial charge on any atom is 0.0155 e. The SMILES string of the molecule is CCC(C)(C)c1nnn[n-]1.[Zn]. The van der Waals surface area contributed by atoms with Crippen LogP contribution >= 0.6 is 0 Å². The fraction of sp³-hybridized carbons (Fsp3) is 0.833. The molecule has 0 fully saturated rings. The van der Waals surface area contributed by atoms with Crippen LogP contribution in [0.25, 0.3) is 0 Å². The molecule has 1 rings (SSSR count). The Morgan fingerprint density at radius 2 is 2.09 bits per heavy atom. The summed E-state index contributed by atoms with van der Waals surface area (Å²) in [6.07, 6.45) is 1.00. The van der Waals surface area contributed by atoms with E-state index in [1.807, 2.05) is 0 Å². The topological polar surface area (TPSA) is 52.8 Å². The zero-order valence-corrected chi connectivity index (χ0v) is 10.2. The average Bonchev–Trinajstić information content (AvgIpc) is 2.38. The van der Waals surface area contributed by atoms with Gasteiger partial charge >= 0.3 is 0 Å². The molecule has 0 spiro atoms. The zero-order chi connectivity index (χ0) is 7.61. The molecule has 0 aromatic carbocycles. The summed E-state index contributed by atoms with van der Waals surface area (Å²) in [6, 6.07) is 0. The van der Waals surface area contributed by atoms with Crippen molar-refractivity contribution in [2.45, 2.75) is 32.6 Å². The average molecular weight is 205 g/mol. The van der Waals surface area contributed by atoms with Gasteiger partial charge in [0.25, 0.3) is 0 Å². The number of hydrogen-bond donors (Lipinski definition) is 0. The van der Waals surface area contributed by atoms with Gasteiger partial charge in [0, 0.05) is 25.3 Å². The molecule has 0 saturated heterocycles. The molecule has 0 aliphatic carbocycles. The van der Waals surface area contributed by atoms with E-state index in [4.69, 9.17) is 0 Å². The molecule has 1 aromatic rings. The first-order valence-corrected chi connectivity index (χ1v) is 3.36. The Kier molecular flexibility index (Phi) is 3.80. The predicted octanol–water partition coefficient (Wildman–Crippen LogP) is 0.514. The van der Waals surface area contributed by atoms with E-state index in [0.29, 0.717) is 0 Å². The molecular formula is C6H11N4Zn-. The molecule has 0 amide bonds. The number of tetrazole rings is 1. The molecule has 0 atom stereocenters. The minimum absolute atomic E-state index is 0. The van der Waals surface area contributed by atoms with Crippen molar-refractivity contribution in [3.8, 4) is 0 Å². The van der Waals surface area contributed by atoms with Gasteiger partial charge in [0.2, 0.25) is 0 Å². The summed E-state index contributed by atoms with van der Waals surface area (Å²) in [5.74, 6) is 0.731. The van der Waals surface area contributed by atoms with Crippen molar-refractivity contribution in [2.24, 2.45) is 0 Å². The van der Waals surface area contributed by atoms with Crippen molar-refractivity contribution in [1.29, 1.82) is 0 Å². The second kappa shape index (κ2) is 3.91. The summed E-state index contributed by atoms with van der Waals surface area (Å²) in [5.41, 5.74) is 0.0174. The quantitative estimate of drug-likeness (QED) is 0.659. The second-order valence-corrected chi connectivity index (χ2v) is 2.94. The summed E-state index contributed by atoms with van der Waals surface area (Å²) < 4.78 is 0. The Morgan fingerprint density at radius 3 is 2.45 bits per heavy atom. The molecule has 1 heterocycles. The Hall–Kier alpha value is -0.307. The maximum absolute atomic E-state index is 3.79. The summed E-state index contributed by atoms with van der Waals surface area (Å²) >= 11 is 0. The van der Waals surface area contributed by atoms with Gasteiger partial charge in [-0.15, -0.1) is 0 Å². The van der Waals surface area contributed by atoms with Gasteiger partial charge in [0.05, 0.1) is 0 Å². The largest absolute Gasteiger partial charge is 0.335 e. The molecule has 11 heavy (non-hydrogen) atoms. The van der Waals surface area contributed by atoms with E-state index in [0.717, 1.165) is 12.2 Å². The molecule has 0 unspecified atom stereocenters. The minimum Gasteiger partial charge on any atom is -0.335 e. The normalized spacial score (nSPS) is 10.8. The van der Waals surface area contributed by atoms with Crippen molar-refractivity contribution >= 4 is 0 Å². The van der Waals surface area contributed by atoms with Crippen molar-refractivity contribution in [1.82, 2.24) is 20.6 Å². The van der Waals surface area contributed by atoms with Crippen LogP contribution in [0.2, 0.25) is 0 Å². The number of nitrogens with zero attached hydrogens (tertiary/aromatic N) is 4. The van der Waals surface area contributed by atoms with Crippen LogP contribution in [0.15, 0.2) is 0 Å². The van der Waals surface area contributed by atoms with E-state index in [9.17, 15) is 0 Å².